The lowest BCUT2D eigenvalue weighted by atomic mass is 10.3. The van der Waals surface area contributed by atoms with Crippen molar-refractivity contribution >= 4 is 56.5 Å². The number of rotatable bonds is 1. The zero-order chi connectivity index (χ0) is 11.0. The van der Waals surface area contributed by atoms with Crippen molar-refractivity contribution in [1.82, 2.24) is 10.6 Å². The highest BCUT2D eigenvalue weighted by atomic mass is 127. The standard InChI is InChI=1S/C8H4BrIN2O3/c9-4-1-3(15-6(4)10)2-5-7(13)12-8(14)11-5/h1-2H,(H2,11,12,13,14)/b5-2+. The van der Waals surface area contributed by atoms with E-state index in [1.54, 1.807) is 6.07 Å². The minimum absolute atomic E-state index is 0.178. The third-order valence-electron chi connectivity index (χ3n) is 1.67. The van der Waals surface area contributed by atoms with E-state index in [0.29, 0.717) is 9.53 Å². The Hall–Kier alpha value is -0.830. The molecule has 0 unspecified atom stereocenters. The number of imide groups is 1. The lowest BCUT2D eigenvalue weighted by Gasteiger charge is -1.90. The van der Waals surface area contributed by atoms with E-state index < -0.39 is 11.9 Å². The molecule has 0 radical (unpaired) electrons. The molecule has 0 saturated carbocycles. The Bertz CT molecular complexity index is 461. The van der Waals surface area contributed by atoms with Crippen LogP contribution in [0.1, 0.15) is 5.76 Å². The quantitative estimate of drug-likeness (QED) is 0.442. The van der Waals surface area contributed by atoms with Crippen LogP contribution in [0.3, 0.4) is 0 Å². The molecule has 1 fully saturated rings. The minimum atomic E-state index is -0.522. The average molecular weight is 383 g/mol. The minimum Gasteiger partial charge on any atom is -0.450 e. The molecule has 0 spiro atoms. The van der Waals surface area contributed by atoms with E-state index in [1.807, 2.05) is 22.6 Å². The van der Waals surface area contributed by atoms with Crippen LogP contribution in [0.5, 0.6) is 0 Å². The molecule has 1 aromatic heterocycles. The molecule has 15 heavy (non-hydrogen) atoms. The monoisotopic (exact) mass is 382 g/mol. The Kier molecular flexibility index (Phi) is 2.83. The molecule has 78 valence electrons. The van der Waals surface area contributed by atoms with Crippen LogP contribution in [0.15, 0.2) is 20.7 Å². The van der Waals surface area contributed by atoms with Gasteiger partial charge >= 0.3 is 6.03 Å². The van der Waals surface area contributed by atoms with Gasteiger partial charge in [0.2, 0.25) is 0 Å². The maximum Gasteiger partial charge on any atom is 0.326 e. The van der Waals surface area contributed by atoms with E-state index in [9.17, 15) is 9.59 Å². The van der Waals surface area contributed by atoms with Crippen LogP contribution in [0.2, 0.25) is 0 Å². The summed E-state index contributed by atoms with van der Waals surface area (Å²) < 4.78 is 6.78. The average Bonchev–Trinajstić information content (AvgIpc) is 2.59. The molecular weight excluding hydrogens is 379 g/mol. The fraction of sp³-hybridized carbons (Fsp3) is 0. The van der Waals surface area contributed by atoms with Crippen molar-refractivity contribution in [1.29, 1.82) is 0 Å². The van der Waals surface area contributed by atoms with Gasteiger partial charge in [0.15, 0.2) is 3.77 Å². The predicted molar refractivity (Wildman–Crippen MR) is 63.8 cm³/mol. The second kappa shape index (κ2) is 3.97. The van der Waals surface area contributed by atoms with E-state index in [0.717, 1.165) is 4.47 Å². The lowest BCUT2D eigenvalue weighted by molar-refractivity contribution is -0.115. The lowest BCUT2D eigenvalue weighted by Crippen LogP contribution is -2.22. The van der Waals surface area contributed by atoms with Gasteiger partial charge in [-0.1, -0.05) is 0 Å². The maximum atomic E-state index is 11.2. The number of nitrogens with one attached hydrogen (secondary N) is 2. The second-order valence-corrected chi connectivity index (χ2v) is 4.57. The van der Waals surface area contributed by atoms with Crippen LogP contribution in [-0.2, 0) is 4.79 Å². The largest absolute Gasteiger partial charge is 0.450 e. The van der Waals surface area contributed by atoms with Crippen molar-refractivity contribution in [3.05, 3.63) is 25.8 Å². The Labute approximate surface area is 107 Å². The summed E-state index contributed by atoms with van der Waals surface area (Å²) in [6.07, 6.45) is 1.47. The van der Waals surface area contributed by atoms with E-state index >= 15 is 0 Å². The van der Waals surface area contributed by atoms with Crippen molar-refractivity contribution in [2.45, 2.75) is 0 Å². The summed E-state index contributed by atoms with van der Waals surface area (Å²) in [5.41, 5.74) is 0.178. The number of urea groups is 1. The molecule has 2 heterocycles. The van der Waals surface area contributed by atoms with Crippen LogP contribution in [-0.4, -0.2) is 11.9 Å². The summed E-state index contributed by atoms with van der Waals surface area (Å²) in [4.78, 5) is 22.0. The Morgan fingerprint density at radius 2 is 2.13 bits per heavy atom. The summed E-state index contributed by atoms with van der Waals surface area (Å²) in [6.45, 7) is 0. The van der Waals surface area contributed by atoms with Crippen LogP contribution in [0.25, 0.3) is 6.08 Å². The zero-order valence-corrected chi connectivity index (χ0v) is 10.9. The maximum absolute atomic E-state index is 11.2. The van der Waals surface area contributed by atoms with Crippen LogP contribution in [0.4, 0.5) is 4.79 Å². The molecule has 1 saturated heterocycles. The molecular formula is C8H4BrIN2O3. The first-order chi connectivity index (χ1) is 7.06. The van der Waals surface area contributed by atoms with Gasteiger partial charge in [-0.15, -0.1) is 0 Å². The van der Waals surface area contributed by atoms with Crippen molar-refractivity contribution in [2.24, 2.45) is 0 Å². The van der Waals surface area contributed by atoms with Gasteiger partial charge < -0.3 is 9.73 Å². The van der Waals surface area contributed by atoms with Crippen LogP contribution < -0.4 is 10.6 Å². The molecule has 1 aliphatic rings. The molecule has 3 amide bonds. The van der Waals surface area contributed by atoms with Gasteiger partial charge in [0.05, 0.1) is 4.47 Å². The van der Waals surface area contributed by atoms with Crippen LogP contribution >= 0.6 is 38.5 Å². The molecule has 2 rings (SSSR count). The SMILES string of the molecule is O=C1NC(=O)/C(=C\c2cc(Br)c(I)o2)N1. The highest BCUT2D eigenvalue weighted by Gasteiger charge is 2.23. The molecule has 0 aromatic carbocycles. The van der Waals surface area contributed by atoms with Crippen molar-refractivity contribution in [2.75, 3.05) is 0 Å². The zero-order valence-electron chi connectivity index (χ0n) is 7.14. The van der Waals surface area contributed by atoms with Gasteiger partial charge in [-0.3, -0.25) is 10.1 Å². The summed E-state index contributed by atoms with van der Waals surface area (Å²) >= 11 is 5.28. The Balaban J connectivity index is 2.30. The van der Waals surface area contributed by atoms with Gasteiger partial charge in [0.1, 0.15) is 11.5 Å². The van der Waals surface area contributed by atoms with Gasteiger partial charge in [-0.2, -0.15) is 0 Å². The highest BCUT2D eigenvalue weighted by Crippen LogP contribution is 2.24. The normalized spacial score (nSPS) is 18.1. The van der Waals surface area contributed by atoms with E-state index in [4.69, 9.17) is 4.42 Å². The van der Waals surface area contributed by atoms with Gasteiger partial charge in [-0.05, 0) is 22.0 Å². The number of furan rings is 1. The first-order valence-electron chi connectivity index (χ1n) is 3.85. The van der Waals surface area contributed by atoms with Crippen molar-refractivity contribution in [3.8, 4) is 0 Å². The van der Waals surface area contributed by atoms with E-state index in [2.05, 4.69) is 26.6 Å². The fourth-order valence-corrected chi connectivity index (χ4v) is 1.78. The van der Waals surface area contributed by atoms with Gasteiger partial charge in [-0.25, -0.2) is 4.79 Å². The molecule has 0 atom stereocenters. The third kappa shape index (κ3) is 2.23. The molecule has 1 aromatic rings. The number of amides is 3. The molecule has 1 aliphatic heterocycles. The fourth-order valence-electron chi connectivity index (χ4n) is 1.06. The van der Waals surface area contributed by atoms with Crippen LogP contribution in [0, 0.1) is 3.77 Å². The number of carbonyl (C=O) groups is 2. The number of halogens is 2. The smallest absolute Gasteiger partial charge is 0.326 e. The Morgan fingerprint density at radius 3 is 2.60 bits per heavy atom. The first-order valence-corrected chi connectivity index (χ1v) is 5.72. The molecule has 0 bridgehead atoms. The van der Waals surface area contributed by atoms with E-state index in [-0.39, 0.29) is 5.70 Å². The third-order valence-corrected chi connectivity index (χ3v) is 3.80. The topological polar surface area (TPSA) is 71.3 Å². The summed E-state index contributed by atoms with van der Waals surface area (Å²) in [6, 6.07) is 1.19. The first kappa shape index (κ1) is 10.7. The second-order valence-electron chi connectivity index (χ2n) is 2.74. The molecule has 5 nitrogen and oxygen atoms in total. The van der Waals surface area contributed by atoms with E-state index in [1.165, 1.54) is 6.08 Å². The van der Waals surface area contributed by atoms with Crippen molar-refractivity contribution < 1.29 is 14.0 Å². The molecule has 7 heteroatoms. The highest BCUT2D eigenvalue weighted by molar-refractivity contribution is 14.1. The predicted octanol–water partition coefficient (Wildman–Crippen LogP) is 1.83. The number of hydrogen-bond donors (Lipinski definition) is 2. The molecule has 2 N–H and O–H groups in total. The Morgan fingerprint density at radius 1 is 1.40 bits per heavy atom. The number of carbonyl (C=O) groups excluding carboxylic acids is 2. The summed E-state index contributed by atoms with van der Waals surface area (Å²) in [7, 11) is 0. The summed E-state index contributed by atoms with van der Waals surface area (Å²) in [5.74, 6) is 0.0427. The summed E-state index contributed by atoms with van der Waals surface area (Å²) in [5, 5.41) is 4.46. The van der Waals surface area contributed by atoms with Crippen molar-refractivity contribution in [3.63, 3.8) is 0 Å². The number of hydrogen-bond acceptors (Lipinski definition) is 3. The van der Waals surface area contributed by atoms with Gasteiger partial charge in [0.25, 0.3) is 5.91 Å². The van der Waals surface area contributed by atoms with Gasteiger partial charge in [0, 0.05) is 28.7 Å². The molecule has 0 aliphatic carbocycles.